The third kappa shape index (κ3) is 4.51. The molecule has 0 N–H and O–H groups in total. The molecule has 0 fully saturated rings. The number of carbonyl (C=O) groups excluding carboxylic acids is 1. The van der Waals surface area contributed by atoms with Crippen molar-refractivity contribution in [3.05, 3.63) is 41.7 Å². The lowest BCUT2D eigenvalue weighted by Gasteiger charge is -2.18. The van der Waals surface area contributed by atoms with E-state index in [1.54, 1.807) is 46.0 Å². The molecule has 1 heterocycles. The molecule has 0 bridgehead atoms. The fourth-order valence-corrected chi connectivity index (χ4v) is 1.91. The Morgan fingerprint density at radius 3 is 2.35 bits per heavy atom. The lowest BCUT2D eigenvalue weighted by atomic mass is 10.2. The molecule has 2 aromatic rings. The molecule has 0 radical (unpaired) electrons. The van der Waals surface area contributed by atoms with Crippen LogP contribution in [0.25, 0.3) is 5.69 Å². The Labute approximate surface area is 132 Å². The highest BCUT2D eigenvalue weighted by atomic mass is 19.3. The van der Waals surface area contributed by atoms with Crippen LogP contribution in [-0.4, -0.2) is 28.0 Å². The highest BCUT2D eigenvalue weighted by Gasteiger charge is 2.21. The first-order valence-corrected chi connectivity index (χ1v) is 7.00. The molecule has 1 aromatic carbocycles. The van der Waals surface area contributed by atoms with Crippen molar-refractivity contribution in [1.82, 2.24) is 9.78 Å². The molecular formula is C16H18F2N2O3. The summed E-state index contributed by atoms with van der Waals surface area (Å²) in [6.45, 7) is 4.18. The maximum absolute atomic E-state index is 12.1. The molecule has 23 heavy (non-hydrogen) atoms. The largest absolute Gasteiger partial charge is 0.456 e. The number of aryl methyl sites for hydroxylation is 1. The molecule has 0 spiro atoms. The molecule has 124 valence electrons. The van der Waals surface area contributed by atoms with Gasteiger partial charge in [0.05, 0.1) is 11.4 Å². The fourth-order valence-electron chi connectivity index (χ4n) is 1.91. The molecule has 0 aliphatic rings. The van der Waals surface area contributed by atoms with Crippen LogP contribution in [0.4, 0.5) is 8.78 Å². The molecule has 0 aliphatic heterocycles. The maximum Gasteiger partial charge on any atom is 0.387 e. The van der Waals surface area contributed by atoms with E-state index in [2.05, 4.69) is 9.84 Å². The topological polar surface area (TPSA) is 53.4 Å². The van der Waals surface area contributed by atoms with Gasteiger partial charge >= 0.3 is 12.6 Å². The zero-order chi connectivity index (χ0) is 17.2. The summed E-state index contributed by atoms with van der Waals surface area (Å²) in [6.07, 6.45) is 1.55. The van der Waals surface area contributed by atoms with Crippen LogP contribution in [0.15, 0.2) is 30.5 Å². The molecule has 7 heteroatoms. The van der Waals surface area contributed by atoms with Gasteiger partial charge in [-0.2, -0.15) is 13.9 Å². The number of benzene rings is 1. The molecule has 0 saturated heterocycles. The first kappa shape index (κ1) is 16.9. The van der Waals surface area contributed by atoms with Gasteiger partial charge in [-0.25, -0.2) is 9.48 Å². The average Bonchev–Trinajstić information content (AvgIpc) is 2.79. The van der Waals surface area contributed by atoms with Crippen molar-refractivity contribution in [2.45, 2.75) is 39.9 Å². The van der Waals surface area contributed by atoms with Crippen LogP contribution in [0, 0.1) is 6.92 Å². The number of aromatic nitrogens is 2. The molecule has 0 unspecified atom stereocenters. The van der Waals surface area contributed by atoms with Crippen LogP contribution >= 0.6 is 0 Å². The molecule has 1 aromatic heterocycles. The Hall–Kier alpha value is -2.44. The minimum absolute atomic E-state index is 0.0555. The molecule has 2 rings (SSSR count). The van der Waals surface area contributed by atoms with E-state index < -0.39 is 18.2 Å². The van der Waals surface area contributed by atoms with Crippen molar-refractivity contribution in [2.75, 3.05) is 0 Å². The summed E-state index contributed by atoms with van der Waals surface area (Å²) < 4.78 is 35.4. The normalized spacial score (nSPS) is 11.6. The average molecular weight is 324 g/mol. The van der Waals surface area contributed by atoms with E-state index >= 15 is 0 Å². The standard InChI is InChI=1S/C16H18F2N2O3/c1-10-13(14(21)23-16(2,3)4)9-20(19-10)11-5-7-12(8-6-11)22-15(17)18/h5-9,15H,1-4H3. The highest BCUT2D eigenvalue weighted by molar-refractivity contribution is 5.90. The predicted octanol–water partition coefficient (Wildman–Crippen LogP) is 3.74. The van der Waals surface area contributed by atoms with Crippen LogP contribution in [0.1, 0.15) is 36.8 Å². The van der Waals surface area contributed by atoms with Crippen molar-refractivity contribution in [3.8, 4) is 11.4 Å². The number of carbonyl (C=O) groups is 1. The Balaban J connectivity index is 2.22. The Bertz CT molecular complexity index is 688. The van der Waals surface area contributed by atoms with Crippen molar-refractivity contribution < 1.29 is 23.0 Å². The number of esters is 1. The second-order valence-corrected chi connectivity index (χ2v) is 5.95. The van der Waals surface area contributed by atoms with Crippen LogP contribution in [0.2, 0.25) is 0 Å². The van der Waals surface area contributed by atoms with E-state index in [0.29, 0.717) is 16.9 Å². The maximum atomic E-state index is 12.1. The smallest absolute Gasteiger partial charge is 0.387 e. The minimum atomic E-state index is -2.87. The van der Waals surface area contributed by atoms with Gasteiger partial charge in [0.15, 0.2) is 0 Å². The van der Waals surface area contributed by atoms with Gasteiger partial charge < -0.3 is 9.47 Å². The van der Waals surface area contributed by atoms with Crippen LogP contribution in [0.3, 0.4) is 0 Å². The number of ether oxygens (including phenoxy) is 2. The number of hydrogen-bond acceptors (Lipinski definition) is 4. The van der Waals surface area contributed by atoms with Gasteiger partial charge in [-0.15, -0.1) is 0 Å². The number of nitrogens with zero attached hydrogens (tertiary/aromatic N) is 2. The summed E-state index contributed by atoms with van der Waals surface area (Å²) in [6, 6.07) is 5.96. The van der Waals surface area contributed by atoms with Crippen molar-refractivity contribution >= 4 is 5.97 Å². The van der Waals surface area contributed by atoms with Gasteiger partial charge in [0.1, 0.15) is 16.9 Å². The van der Waals surface area contributed by atoms with Crippen molar-refractivity contribution in [1.29, 1.82) is 0 Å². The zero-order valence-corrected chi connectivity index (χ0v) is 13.3. The summed E-state index contributed by atoms with van der Waals surface area (Å²) >= 11 is 0. The molecular weight excluding hydrogens is 306 g/mol. The van der Waals surface area contributed by atoms with E-state index in [1.165, 1.54) is 16.8 Å². The Morgan fingerprint density at radius 2 is 1.83 bits per heavy atom. The van der Waals surface area contributed by atoms with Gasteiger partial charge in [0, 0.05) is 6.20 Å². The first-order valence-electron chi connectivity index (χ1n) is 7.00. The van der Waals surface area contributed by atoms with E-state index in [-0.39, 0.29) is 5.75 Å². The molecule has 0 amide bonds. The van der Waals surface area contributed by atoms with Crippen LogP contribution in [0.5, 0.6) is 5.75 Å². The number of halogens is 2. The molecule has 5 nitrogen and oxygen atoms in total. The van der Waals surface area contributed by atoms with Crippen molar-refractivity contribution in [2.24, 2.45) is 0 Å². The third-order valence-corrected chi connectivity index (χ3v) is 2.84. The zero-order valence-electron chi connectivity index (χ0n) is 13.3. The van der Waals surface area contributed by atoms with Gasteiger partial charge in [0.2, 0.25) is 0 Å². The first-order chi connectivity index (χ1) is 10.7. The van der Waals surface area contributed by atoms with Gasteiger partial charge in [-0.1, -0.05) is 0 Å². The molecule has 0 atom stereocenters. The third-order valence-electron chi connectivity index (χ3n) is 2.84. The summed E-state index contributed by atoms with van der Waals surface area (Å²) in [7, 11) is 0. The number of hydrogen-bond donors (Lipinski definition) is 0. The lowest BCUT2D eigenvalue weighted by Crippen LogP contribution is -2.24. The van der Waals surface area contributed by atoms with Gasteiger partial charge in [-0.3, -0.25) is 0 Å². The van der Waals surface area contributed by atoms with Crippen LogP contribution in [-0.2, 0) is 4.74 Å². The fraction of sp³-hybridized carbons (Fsp3) is 0.375. The quantitative estimate of drug-likeness (QED) is 0.804. The van der Waals surface area contributed by atoms with E-state index in [1.807, 2.05) is 0 Å². The Morgan fingerprint density at radius 1 is 1.22 bits per heavy atom. The monoisotopic (exact) mass is 324 g/mol. The molecule has 0 aliphatic carbocycles. The second-order valence-electron chi connectivity index (χ2n) is 5.95. The van der Waals surface area contributed by atoms with Crippen molar-refractivity contribution in [3.63, 3.8) is 0 Å². The second kappa shape index (κ2) is 6.36. The van der Waals surface area contributed by atoms with Gasteiger partial charge in [0.25, 0.3) is 0 Å². The number of alkyl halides is 2. The summed E-state index contributed by atoms with van der Waals surface area (Å²) in [5, 5.41) is 4.25. The summed E-state index contributed by atoms with van der Waals surface area (Å²) in [5.74, 6) is -0.404. The predicted molar refractivity (Wildman–Crippen MR) is 80.1 cm³/mol. The summed E-state index contributed by atoms with van der Waals surface area (Å²) in [4.78, 5) is 12.1. The summed E-state index contributed by atoms with van der Waals surface area (Å²) in [5.41, 5.74) is 0.893. The van der Waals surface area contributed by atoms with E-state index in [0.717, 1.165) is 0 Å². The SMILES string of the molecule is Cc1nn(-c2ccc(OC(F)F)cc2)cc1C(=O)OC(C)(C)C. The van der Waals surface area contributed by atoms with E-state index in [4.69, 9.17) is 4.74 Å². The highest BCUT2D eigenvalue weighted by Crippen LogP contribution is 2.19. The number of rotatable bonds is 4. The molecule has 0 saturated carbocycles. The lowest BCUT2D eigenvalue weighted by molar-refractivity contribution is -0.0498. The van der Waals surface area contributed by atoms with Crippen LogP contribution < -0.4 is 4.74 Å². The van der Waals surface area contributed by atoms with E-state index in [9.17, 15) is 13.6 Å². The Kier molecular flexibility index (Phi) is 4.68. The minimum Gasteiger partial charge on any atom is -0.456 e. The van der Waals surface area contributed by atoms with Gasteiger partial charge in [-0.05, 0) is 52.0 Å².